The Labute approximate surface area is 135 Å². The number of nitrogens with one attached hydrogen (secondary N) is 1. The van der Waals surface area contributed by atoms with E-state index in [-0.39, 0.29) is 11.8 Å². The molecule has 0 radical (unpaired) electrons. The van der Waals surface area contributed by atoms with Gasteiger partial charge in [0.2, 0.25) is 5.91 Å². The van der Waals surface area contributed by atoms with E-state index in [0.717, 1.165) is 23.6 Å². The molecule has 3 rings (SSSR count). The molecule has 0 saturated carbocycles. The van der Waals surface area contributed by atoms with Gasteiger partial charge in [-0.15, -0.1) is 0 Å². The van der Waals surface area contributed by atoms with Gasteiger partial charge < -0.3 is 19.4 Å². The fourth-order valence-corrected chi connectivity index (χ4v) is 2.70. The predicted octanol–water partition coefficient (Wildman–Crippen LogP) is 1.40. The van der Waals surface area contributed by atoms with Gasteiger partial charge in [0.15, 0.2) is 0 Å². The SMILES string of the molecule is COCCn1cncc1CNC(=O)[C@H]1COc2ccccc2C1. The zero-order valence-corrected chi connectivity index (χ0v) is 13.2. The van der Waals surface area contributed by atoms with Crippen LogP contribution in [0.25, 0.3) is 0 Å². The molecular formula is C17H21N3O3. The quantitative estimate of drug-likeness (QED) is 0.875. The molecule has 122 valence electrons. The number of nitrogens with zero attached hydrogens (tertiary/aromatic N) is 2. The first-order chi connectivity index (χ1) is 11.3. The summed E-state index contributed by atoms with van der Waals surface area (Å²) in [7, 11) is 1.67. The maximum absolute atomic E-state index is 12.4. The zero-order chi connectivity index (χ0) is 16.1. The summed E-state index contributed by atoms with van der Waals surface area (Å²) in [5.41, 5.74) is 2.05. The highest BCUT2D eigenvalue weighted by Gasteiger charge is 2.25. The highest BCUT2D eigenvalue weighted by Crippen LogP contribution is 2.26. The van der Waals surface area contributed by atoms with E-state index >= 15 is 0 Å². The number of hydrogen-bond acceptors (Lipinski definition) is 4. The molecule has 0 spiro atoms. The summed E-state index contributed by atoms with van der Waals surface area (Å²) in [4.78, 5) is 16.5. The van der Waals surface area contributed by atoms with E-state index in [1.165, 1.54) is 0 Å². The summed E-state index contributed by atoms with van der Waals surface area (Å²) < 4.78 is 12.7. The highest BCUT2D eigenvalue weighted by molar-refractivity contribution is 5.79. The number of carbonyl (C=O) groups excluding carboxylic acids is 1. The Morgan fingerprint density at radius 3 is 3.22 bits per heavy atom. The van der Waals surface area contributed by atoms with Crippen molar-refractivity contribution >= 4 is 5.91 Å². The maximum Gasteiger partial charge on any atom is 0.227 e. The molecule has 1 amide bonds. The Morgan fingerprint density at radius 2 is 2.35 bits per heavy atom. The van der Waals surface area contributed by atoms with Crippen molar-refractivity contribution in [3.63, 3.8) is 0 Å². The van der Waals surface area contributed by atoms with E-state index in [0.29, 0.717) is 26.2 Å². The highest BCUT2D eigenvalue weighted by atomic mass is 16.5. The van der Waals surface area contributed by atoms with Gasteiger partial charge >= 0.3 is 0 Å². The third-order valence-electron chi connectivity index (χ3n) is 4.03. The molecule has 2 aromatic rings. The van der Waals surface area contributed by atoms with Gasteiger partial charge in [0.05, 0.1) is 31.1 Å². The molecule has 0 aliphatic carbocycles. The Hall–Kier alpha value is -2.34. The predicted molar refractivity (Wildman–Crippen MR) is 85.1 cm³/mol. The molecule has 0 unspecified atom stereocenters. The third-order valence-corrected chi connectivity index (χ3v) is 4.03. The van der Waals surface area contributed by atoms with Crippen molar-refractivity contribution in [2.24, 2.45) is 5.92 Å². The number of carbonyl (C=O) groups is 1. The smallest absolute Gasteiger partial charge is 0.227 e. The van der Waals surface area contributed by atoms with E-state index in [9.17, 15) is 4.79 Å². The number of amides is 1. The molecule has 6 nitrogen and oxygen atoms in total. The zero-order valence-electron chi connectivity index (χ0n) is 13.2. The van der Waals surface area contributed by atoms with Crippen LogP contribution in [0.2, 0.25) is 0 Å². The summed E-state index contributed by atoms with van der Waals surface area (Å²) in [6.45, 7) is 2.22. The number of methoxy groups -OCH3 is 1. The minimum atomic E-state index is -0.153. The second-order valence-electron chi connectivity index (χ2n) is 5.61. The largest absolute Gasteiger partial charge is 0.492 e. The Balaban J connectivity index is 1.55. The van der Waals surface area contributed by atoms with Crippen molar-refractivity contribution in [1.82, 2.24) is 14.9 Å². The average Bonchev–Trinajstić information content (AvgIpc) is 3.04. The fourth-order valence-electron chi connectivity index (χ4n) is 2.70. The maximum atomic E-state index is 12.4. The molecule has 6 heteroatoms. The first-order valence-electron chi connectivity index (χ1n) is 7.74. The normalized spacial score (nSPS) is 16.5. The molecule has 0 saturated heterocycles. The van der Waals surface area contributed by atoms with Crippen LogP contribution in [-0.2, 0) is 29.0 Å². The van der Waals surface area contributed by atoms with Crippen LogP contribution in [-0.4, -0.2) is 35.8 Å². The third kappa shape index (κ3) is 3.71. The van der Waals surface area contributed by atoms with Crippen molar-refractivity contribution in [2.75, 3.05) is 20.3 Å². The second kappa shape index (κ2) is 7.28. The van der Waals surface area contributed by atoms with Crippen LogP contribution in [0.3, 0.4) is 0 Å². The van der Waals surface area contributed by atoms with Crippen molar-refractivity contribution < 1.29 is 14.3 Å². The van der Waals surface area contributed by atoms with Gasteiger partial charge in [-0.05, 0) is 18.1 Å². The Kier molecular flexibility index (Phi) is 4.92. The minimum Gasteiger partial charge on any atom is -0.492 e. The van der Waals surface area contributed by atoms with Gasteiger partial charge in [-0.25, -0.2) is 4.98 Å². The van der Waals surface area contributed by atoms with Crippen LogP contribution in [0.5, 0.6) is 5.75 Å². The number of aromatic nitrogens is 2. The summed E-state index contributed by atoms with van der Waals surface area (Å²) in [5, 5.41) is 2.98. The van der Waals surface area contributed by atoms with Gasteiger partial charge in [0, 0.05) is 19.9 Å². The molecule has 1 aromatic heterocycles. The van der Waals surface area contributed by atoms with E-state index in [2.05, 4.69) is 10.3 Å². The van der Waals surface area contributed by atoms with E-state index < -0.39 is 0 Å². The number of para-hydroxylation sites is 1. The molecule has 1 aromatic carbocycles. The van der Waals surface area contributed by atoms with Crippen molar-refractivity contribution in [3.05, 3.63) is 48.0 Å². The van der Waals surface area contributed by atoms with Gasteiger partial charge in [0.25, 0.3) is 0 Å². The van der Waals surface area contributed by atoms with Crippen LogP contribution < -0.4 is 10.1 Å². The van der Waals surface area contributed by atoms with Crippen molar-refractivity contribution in [3.8, 4) is 5.75 Å². The van der Waals surface area contributed by atoms with Gasteiger partial charge in [-0.1, -0.05) is 18.2 Å². The van der Waals surface area contributed by atoms with E-state index in [1.807, 2.05) is 28.8 Å². The van der Waals surface area contributed by atoms with Crippen molar-refractivity contribution in [1.29, 1.82) is 0 Å². The number of benzene rings is 1. The van der Waals surface area contributed by atoms with Gasteiger partial charge in [-0.2, -0.15) is 0 Å². The summed E-state index contributed by atoms with van der Waals surface area (Å²) in [6.07, 6.45) is 4.23. The van der Waals surface area contributed by atoms with Crippen LogP contribution in [0.4, 0.5) is 0 Å². The van der Waals surface area contributed by atoms with Gasteiger partial charge in [-0.3, -0.25) is 4.79 Å². The molecule has 0 fully saturated rings. The Morgan fingerprint density at radius 1 is 1.48 bits per heavy atom. The number of imidazole rings is 1. The lowest BCUT2D eigenvalue weighted by atomic mass is 9.96. The average molecular weight is 315 g/mol. The molecule has 1 atom stereocenters. The summed E-state index contributed by atoms with van der Waals surface area (Å²) >= 11 is 0. The molecule has 1 aliphatic heterocycles. The van der Waals surface area contributed by atoms with Crippen LogP contribution >= 0.6 is 0 Å². The van der Waals surface area contributed by atoms with Gasteiger partial charge in [0.1, 0.15) is 12.4 Å². The van der Waals surface area contributed by atoms with Crippen LogP contribution in [0.1, 0.15) is 11.3 Å². The molecular weight excluding hydrogens is 294 g/mol. The molecule has 23 heavy (non-hydrogen) atoms. The second-order valence-corrected chi connectivity index (χ2v) is 5.61. The molecule has 1 N–H and O–H groups in total. The number of rotatable bonds is 6. The number of fused-ring (bicyclic) bond motifs is 1. The lowest BCUT2D eigenvalue weighted by Gasteiger charge is -2.24. The fraction of sp³-hybridized carbons (Fsp3) is 0.412. The van der Waals surface area contributed by atoms with E-state index in [1.54, 1.807) is 19.6 Å². The minimum absolute atomic E-state index is 0.0130. The summed E-state index contributed by atoms with van der Waals surface area (Å²) in [5.74, 6) is 0.744. The standard InChI is InChI=1S/C17H21N3O3/c1-22-7-6-20-12-18-9-15(20)10-19-17(21)14-8-13-4-2-3-5-16(13)23-11-14/h2-5,9,12,14H,6-8,10-11H2,1H3,(H,19,21)/t14-/m1/s1. The monoisotopic (exact) mass is 315 g/mol. The molecule has 0 bridgehead atoms. The van der Waals surface area contributed by atoms with E-state index in [4.69, 9.17) is 9.47 Å². The number of hydrogen-bond donors (Lipinski definition) is 1. The molecule has 2 heterocycles. The first-order valence-corrected chi connectivity index (χ1v) is 7.74. The topological polar surface area (TPSA) is 65.4 Å². The van der Waals surface area contributed by atoms with Crippen LogP contribution in [0.15, 0.2) is 36.8 Å². The van der Waals surface area contributed by atoms with Crippen molar-refractivity contribution in [2.45, 2.75) is 19.5 Å². The number of ether oxygens (including phenoxy) is 2. The summed E-state index contributed by atoms with van der Waals surface area (Å²) in [6, 6.07) is 7.86. The lowest BCUT2D eigenvalue weighted by molar-refractivity contribution is -0.126. The Bertz CT molecular complexity index is 669. The lowest BCUT2D eigenvalue weighted by Crippen LogP contribution is -2.37. The molecule has 1 aliphatic rings. The first kappa shape index (κ1) is 15.6. The van der Waals surface area contributed by atoms with Crippen LogP contribution in [0, 0.1) is 5.92 Å².